The first-order chi connectivity index (χ1) is 8.37. The van der Waals surface area contributed by atoms with Crippen LogP contribution in [-0.4, -0.2) is 37.0 Å². The summed E-state index contributed by atoms with van der Waals surface area (Å²) in [7, 11) is -3.35. The summed E-state index contributed by atoms with van der Waals surface area (Å²) in [4.78, 5) is 10.9. The number of carbonyl (C=O) groups is 1. The molecule has 0 saturated carbocycles. The van der Waals surface area contributed by atoms with Crippen molar-refractivity contribution in [1.29, 1.82) is 0 Å². The Balaban J connectivity index is 2.30. The molecule has 2 rings (SSSR count). The molecule has 1 fully saturated rings. The zero-order valence-corrected chi connectivity index (χ0v) is 11.7. The second-order valence-corrected chi connectivity index (χ2v) is 7.31. The summed E-state index contributed by atoms with van der Waals surface area (Å²) in [6.07, 6.45) is 0. The number of halogens is 1. The van der Waals surface area contributed by atoms with Gasteiger partial charge in [0.1, 0.15) is 6.04 Å². The highest BCUT2D eigenvalue weighted by Crippen LogP contribution is 2.23. The Labute approximate surface area is 113 Å². The molecule has 18 heavy (non-hydrogen) atoms. The topological polar surface area (TPSA) is 83.5 Å². The van der Waals surface area contributed by atoms with E-state index in [-0.39, 0.29) is 11.5 Å². The van der Waals surface area contributed by atoms with Gasteiger partial charge in [0.05, 0.1) is 11.5 Å². The molecule has 1 aliphatic rings. The van der Waals surface area contributed by atoms with Crippen molar-refractivity contribution in [2.24, 2.45) is 0 Å². The standard InChI is InChI=1S/C11H12BrNO4S/c12-8-3-1-2-7(4-8)9-5-18(16,17)6-10(13-9)11(14)15/h1-4,9-10,13H,5-6H2,(H,14,15). The molecule has 1 saturated heterocycles. The Hall–Kier alpha value is -0.920. The molecule has 2 unspecified atom stereocenters. The van der Waals surface area contributed by atoms with E-state index in [1.165, 1.54) is 0 Å². The molecular weight excluding hydrogens is 322 g/mol. The van der Waals surface area contributed by atoms with Crippen LogP contribution in [0.3, 0.4) is 0 Å². The van der Waals surface area contributed by atoms with Gasteiger partial charge in [-0.2, -0.15) is 0 Å². The number of sulfone groups is 1. The maximum absolute atomic E-state index is 11.7. The third kappa shape index (κ3) is 3.09. The van der Waals surface area contributed by atoms with Crippen molar-refractivity contribution in [2.45, 2.75) is 12.1 Å². The van der Waals surface area contributed by atoms with Gasteiger partial charge in [0.2, 0.25) is 0 Å². The second kappa shape index (κ2) is 4.99. The first-order valence-electron chi connectivity index (χ1n) is 5.32. The van der Waals surface area contributed by atoms with Crippen LogP contribution in [0.1, 0.15) is 11.6 Å². The van der Waals surface area contributed by atoms with E-state index < -0.39 is 27.9 Å². The minimum absolute atomic E-state index is 0.0762. The molecule has 1 aromatic rings. The SMILES string of the molecule is O=C(O)C1CS(=O)(=O)CC(c2cccc(Br)c2)N1. The number of nitrogens with one attached hydrogen (secondary N) is 1. The summed E-state index contributed by atoms with van der Waals surface area (Å²) in [6.45, 7) is 0. The molecule has 0 radical (unpaired) electrons. The van der Waals surface area contributed by atoms with Gasteiger partial charge in [-0.3, -0.25) is 10.1 Å². The Morgan fingerprint density at radius 1 is 1.39 bits per heavy atom. The van der Waals surface area contributed by atoms with Crippen LogP contribution in [-0.2, 0) is 14.6 Å². The van der Waals surface area contributed by atoms with Crippen molar-refractivity contribution in [3.8, 4) is 0 Å². The average Bonchev–Trinajstić information content (AvgIpc) is 2.26. The first-order valence-corrected chi connectivity index (χ1v) is 7.93. The van der Waals surface area contributed by atoms with Crippen molar-refractivity contribution in [3.05, 3.63) is 34.3 Å². The fraction of sp³-hybridized carbons (Fsp3) is 0.364. The summed E-state index contributed by atoms with van der Waals surface area (Å²) in [6, 6.07) is 5.66. The van der Waals surface area contributed by atoms with Gasteiger partial charge < -0.3 is 5.11 Å². The number of hydrogen-bond acceptors (Lipinski definition) is 4. The maximum atomic E-state index is 11.7. The van der Waals surface area contributed by atoms with Gasteiger partial charge in [-0.25, -0.2) is 8.42 Å². The number of rotatable bonds is 2. The molecule has 1 aliphatic heterocycles. The fourth-order valence-electron chi connectivity index (χ4n) is 1.97. The average molecular weight is 334 g/mol. The number of carboxylic acids is 1. The second-order valence-electron chi connectivity index (χ2n) is 4.24. The van der Waals surface area contributed by atoms with E-state index >= 15 is 0 Å². The third-order valence-corrected chi connectivity index (χ3v) is 4.97. The zero-order valence-electron chi connectivity index (χ0n) is 9.34. The zero-order chi connectivity index (χ0) is 13.3. The molecular formula is C11H12BrNO4S. The van der Waals surface area contributed by atoms with E-state index in [9.17, 15) is 13.2 Å². The molecule has 2 N–H and O–H groups in total. The van der Waals surface area contributed by atoms with Crippen molar-refractivity contribution >= 4 is 31.7 Å². The highest BCUT2D eigenvalue weighted by molar-refractivity contribution is 9.10. The lowest BCUT2D eigenvalue weighted by molar-refractivity contribution is -0.139. The molecule has 0 aromatic heterocycles. The lowest BCUT2D eigenvalue weighted by atomic mass is 10.1. The lowest BCUT2D eigenvalue weighted by Crippen LogP contribution is -2.51. The van der Waals surface area contributed by atoms with Gasteiger partial charge in [-0.15, -0.1) is 0 Å². The van der Waals surface area contributed by atoms with Crippen LogP contribution in [0.5, 0.6) is 0 Å². The molecule has 0 aliphatic carbocycles. The number of hydrogen-bond donors (Lipinski definition) is 2. The predicted octanol–water partition coefficient (Wildman–Crippen LogP) is 0.961. The molecule has 1 heterocycles. The Morgan fingerprint density at radius 2 is 2.11 bits per heavy atom. The van der Waals surface area contributed by atoms with Crippen LogP contribution in [0.25, 0.3) is 0 Å². The monoisotopic (exact) mass is 333 g/mol. The molecule has 2 atom stereocenters. The van der Waals surface area contributed by atoms with Crippen LogP contribution in [0.2, 0.25) is 0 Å². The van der Waals surface area contributed by atoms with E-state index in [0.29, 0.717) is 0 Å². The summed E-state index contributed by atoms with van der Waals surface area (Å²) < 4.78 is 24.3. The van der Waals surface area contributed by atoms with Gasteiger partial charge in [-0.1, -0.05) is 28.1 Å². The van der Waals surface area contributed by atoms with Crippen LogP contribution in [0.15, 0.2) is 28.7 Å². The van der Waals surface area contributed by atoms with E-state index in [4.69, 9.17) is 5.11 Å². The van der Waals surface area contributed by atoms with Crippen molar-refractivity contribution in [1.82, 2.24) is 5.32 Å². The smallest absolute Gasteiger partial charge is 0.321 e. The Morgan fingerprint density at radius 3 is 2.72 bits per heavy atom. The van der Waals surface area contributed by atoms with Crippen LogP contribution in [0, 0.1) is 0 Å². The highest BCUT2D eigenvalue weighted by Gasteiger charge is 2.35. The summed E-state index contributed by atoms with van der Waals surface area (Å²) in [5.74, 6) is -1.57. The molecule has 98 valence electrons. The van der Waals surface area contributed by atoms with Crippen LogP contribution in [0.4, 0.5) is 0 Å². The fourth-order valence-corrected chi connectivity index (χ4v) is 4.07. The number of aliphatic carboxylic acids is 1. The van der Waals surface area contributed by atoms with Gasteiger partial charge in [-0.05, 0) is 17.7 Å². The minimum Gasteiger partial charge on any atom is -0.480 e. The number of benzene rings is 1. The maximum Gasteiger partial charge on any atom is 0.321 e. The first kappa shape index (κ1) is 13.5. The van der Waals surface area contributed by atoms with Crippen molar-refractivity contribution in [2.75, 3.05) is 11.5 Å². The van der Waals surface area contributed by atoms with Gasteiger partial charge >= 0.3 is 5.97 Å². The van der Waals surface area contributed by atoms with E-state index in [0.717, 1.165) is 10.0 Å². The third-order valence-electron chi connectivity index (χ3n) is 2.79. The predicted molar refractivity (Wildman–Crippen MR) is 70.1 cm³/mol. The van der Waals surface area contributed by atoms with E-state index in [2.05, 4.69) is 21.2 Å². The highest BCUT2D eigenvalue weighted by atomic mass is 79.9. The normalized spacial score (nSPS) is 26.7. The van der Waals surface area contributed by atoms with Gasteiger partial charge in [0.25, 0.3) is 0 Å². The van der Waals surface area contributed by atoms with Gasteiger partial charge in [0, 0.05) is 10.5 Å². The van der Waals surface area contributed by atoms with Crippen molar-refractivity contribution < 1.29 is 18.3 Å². The molecule has 5 nitrogen and oxygen atoms in total. The quantitative estimate of drug-likeness (QED) is 0.842. The van der Waals surface area contributed by atoms with Crippen molar-refractivity contribution in [3.63, 3.8) is 0 Å². The van der Waals surface area contributed by atoms with Gasteiger partial charge in [0.15, 0.2) is 9.84 Å². The molecule has 7 heteroatoms. The summed E-state index contributed by atoms with van der Waals surface area (Å²) >= 11 is 3.31. The number of carboxylic acid groups (broad SMARTS) is 1. The minimum atomic E-state index is -3.35. The summed E-state index contributed by atoms with van der Waals surface area (Å²) in [5.41, 5.74) is 0.763. The van der Waals surface area contributed by atoms with E-state index in [1.807, 2.05) is 6.07 Å². The largest absolute Gasteiger partial charge is 0.480 e. The molecule has 0 bridgehead atoms. The lowest BCUT2D eigenvalue weighted by Gasteiger charge is -2.28. The molecule has 0 amide bonds. The Kier molecular flexibility index (Phi) is 3.74. The van der Waals surface area contributed by atoms with Crippen LogP contribution >= 0.6 is 15.9 Å². The van der Waals surface area contributed by atoms with Crippen LogP contribution < -0.4 is 5.32 Å². The molecule has 1 aromatic carbocycles. The molecule has 0 spiro atoms. The Bertz CT molecular complexity index is 572. The summed E-state index contributed by atoms with van der Waals surface area (Å²) in [5, 5.41) is 11.8. The van der Waals surface area contributed by atoms with E-state index in [1.54, 1.807) is 18.2 Å².